The van der Waals surface area contributed by atoms with Crippen LogP contribution in [0, 0.1) is 0 Å². The average Bonchev–Trinajstić information content (AvgIpc) is 2.63. The SMILES string of the molecule is CSCc1ccc(CNCC(=O)OC(C)(C)C)o1. The lowest BCUT2D eigenvalue weighted by atomic mass is 10.2. The average molecular weight is 271 g/mol. The molecule has 0 bridgehead atoms. The third kappa shape index (κ3) is 6.12. The second-order valence-corrected chi connectivity index (χ2v) is 5.86. The molecule has 0 saturated carbocycles. The van der Waals surface area contributed by atoms with Crippen LogP contribution >= 0.6 is 11.8 Å². The summed E-state index contributed by atoms with van der Waals surface area (Å²) in [5.74, 6) is 2.41. The Kier molecular flexibility index (Phi) is 5.75. The van der Waals surface area contributed by atoms with Crippen molar-refractivity contribution in [1.82, 2.24) is 5.32 Å². The Morgan fingerprint density at radius 1 is 1.39 bits per heavy atom. The van der Waals surface area contributed by atoms with Gasteiger partial charge in [-0.05, 0) is 39.2 Å². The lowest BCUT2D eigenvalue weighted by Crippen LogP contribution is -2.31. The van der Waals surface area contributed by atoms with Crippen LogP contribution in [0.5, 0.6) is 0 Å². The molecule has 0 fully saturated rings. The van der Waals surface area contributed by atoms with Crippen LogP contribution in [0.3, 0.4) is 0 Å². The summed E-state index contributed by atoms with van der Waals surface area (Å²) < 4.78 is 10.8. The summed E-state index contributed by atoms with van der Waals surface area (Å²) in [7, 11) is 0. The van der Waals surface area contributed by atoms with Crippen LogP contribution < -0.4 is 5.32 Å². The summed E-state index contributed by atoms with van der Waals surface area (Å²) in [5, 5.41) is 3.00. The van der Waals surface area contributed by atoms with E-state index in [1.165, 1.54) is 0 Å². The van der Waals surface area contributed by atoms with E-state index in [1.54, 1.807) is 11.8 Å². The Balaban J connectivity index is 2.26. The summed E-state index contributed by atoms with van der Waals surface area (Å²) in [6, 6.07) is 3.88. The monoisotopic (exact) mass is 271 g/mol. The first-order chi connectivity index (χ1) is 8.40. The molecule has 0 aromatic carbocycles. The molecule has 4 nitrogen and oxygen atoms in total. The first-order valence-electron chi connectivity index (χ1n) is 5.90. The molecule has 0 saturated heterocycles. The number of nitrogens with one attached hydrogen (secondary N) is 1. The first-order valence-corrected chi connectivity index (χ1v) is 7.29. The molecule has 0 radical (unpaired) electrons. The van der Waals surface area contributed by atoms with Gasteiger partial charge in [-0.25, -0.2) is 0 Å². The summed E-state index contributed by atoms with van der Waals surface area (Å²) in [6.45, 7) is 6.29. The first kappa shape index (κ1) is 15.1. The maximum Gasteiger partial charge on any atom is 0.320 e. The molecule has 1 rings (SSSR count). The normalized spacial score (nSPS) is 11.6. The van der Waals surface area contributed by atoms with Crippen molar-refractivity contribution in [2.45, 2.75) is 38.7 Å². The number of furan rings is 1. The van der Waals surface area contributed by atoms with Gasteiger partial charge in [-0.2, -0.15) is 11.8 Å². The number of rotatable bonds is 6. The predicted octanol–water partition coefficient (Wildman–Crippen LogP) is 2.57. The number of hydrogen-bond donors (Lipinski definition) is 1. The van der Waals surface area contributed by atoms with Crippen molar-refractivity contribution in [3.8, 4) is 0 Å². The van der Waals surface area contributed by atoms with Crippen molar-refractivity contribution in [1.29, 1.82) is 0 Å². The minimum Gasteiger partial charge on any atom is -0.464 e. The molecule has 0 atom stereocenters. The number of hydrogen-bond acceptors (Lipinski definition) is 5. The van der Waals surface area contributed by atoms with E-state index >= 15 is 0 Å². The zero-order valence-corrected chi connectivity index (χ0v) is 12.2. The van der Waals surface area contributed by atoms with Gasteiger partial charge in [0, 0.05) is 0 Å². The van der Waals surface area contributed by atoms with E-state index < -0.39 is 5.60 Å². The Labute approximate surface area is 112 Å². The molecule has 1 aromatic rings. The van der Waals surface area contributed by atoms with Crippen molar-refractivity contribution in [3.63, 3.8) is 0 Å². The van der Waals surface area contributed by atoms with Gasteiger partial charge in [0.15, 0.2) is 0 Å². The molecule has 1 N–H and O–H groups in total. The lowest BCUT2D eigenvalue weighted by Gasteiger charge is -2.19. The molecule has 0 amide bonds. The predicted molar refractivity (Wildman–Crippen MR) is 73.5 cm³/mol. The van der Waals surface area contributed by atoms with E-state index in [0.29, 0.717) is 6.54 Å². The van der Waals surface area contributed by atoms with Gasteiger partial charge in [0.05, 0.1) is 18.8 Å². The molecular weight excluding hydrogens is 250 g/mol. The number of carbonyl (C=O) groups excluding carboxylic acids is 1. The number of ether oxygens (including phenoxy) is 1. The van der Waals surface area contributed by atoms with Gasteiger partial charge in [0.2, 0.25) is 0 Å². The van der Waals surface area contributed by atoms with Crippen LogP contribution in [-0.2, 0) is 21.8 Å². The highest BCUT2D eigenvalue weighted by molar-refractivity contribution is 7.97. The fourth-order valence-electron chi connectivity index (χ4n) is 1.40. The maximum absolute atomic E-state index is 11.4. The van der Waals surface area contributed by atoms with E-state index in [4.69, 9.17) is 9.15 Å². The fraction of sp³-hybridized carbons (Fsp3) is 0.615. The van der Waals surface area contributed by atoms with Crippen LogP contribution in [0.1, 0.15) is 32.3 Å². The van der Waals surface area contributed by atoms with Gasteiger partial charge in [0.25, 0.3) is 0 Å². The van der Waals surface area contributed by atoms with Gasteiger partial charge in [0.1, 0.15) is 17.1 Å². The van der Waals surface area contributed by atoms with Crippen molar-refractivity contribution in [3.05, 3.63) is 23.7 Å². The van der Waals surface area contributed by atoms with Crippen LogP contribution in [0.2, 0.25) is 0 Å². The standard InChI is InChI=1S/C13H21NO3S/c1-13(2,3)17-12(15)8-14-7-10-5-6-11(16-10)9-18-4/h5-6,14H,7-9H2,1-4H3. The van der Waals surface area contributed by atoms with E-state index in [9.17, 15) is 4.79 Å². The van der Waals surface area contributed by atoms with Gasteiger partial charge < -0.3 is 9.15 Å². The zero-order valence-electron chi connectivity index (χ0n) is 11.4. The smallest absolute Gasteiger partial charge is 0.320 e. The second-order valence-electron chi connectivity index (χ2n) is 4.99. The van der Waals surface area contributed by atoms with Crippen molar-refractivity contribution < 1.29 is 13.9 Å². The molecule has 0 aliphatic rings. The third-order valence-corrected chi connectivity index (χ3v) is 2.57. The van der Waals surface area contributed by atoms with Crippen LogP contribution in [0.25, 0.3) is 0 Å². The Morgan fingerprint density at radius 2 is 2.06 bits per heavy atom. The number of carbonyl (C=O) groups is 1. The summed E-state index contributed by atoms with van der Waals surface area (Å²) in [6.07, 6.45) is 2.03. The Morgan fingerprint density at radius 3 is 2.67 bits per heavy atom. The minimum atomic E-state index is -0.436. The van der Waals surface area contributed by atoms with Crippen molar-refractivity contribution in [2.75, 3.05) is 12.8 Å². The van der Waals surface area contributed by atoms with Gasteiger partial charge >= 0.3 is 5.97 Å². The quantitative estimate of drug-likeness (QED) is 0.806. The molecule has 0 aliphatic carbocycles. The number of thioether (sulfide) groups is 1. The zero-order chi connectivity index (χ0) is 13.6. The highest BCUT2D eigenvalue weighted by Crippen LogP contribution is 2.13. The molecule has 0 spiro atoms. The van der Waals surface area contributed by atoms with E-state index in [0.717, 1.165) is 17.3 Å². The maximum atomic E-state index is 11.4. The fourth-order valence-corrected chi connectivity index (χ4v) is 1.84. The van der Waals surface area contributed by atoms with E-state index in [-0.39, 0.29) is 12.5 Å². The molecule has 18 heavy (non-hydrogen) atoms. The van der Waals surface area contributed by atoms with E-state index in [2.05, 4.69) is 5.32 Å². The van der Waals surface area contributed by atoms with Crippen molar-refractivity contribution in [2.24, 2.45) is 0 Å². The largest absolute Gasteiger partial charge is 0.464 e. The lowest BCUT2D eigenvalue weighted by molar-refractivity contribution is -0.153. The van der Waals surface area contributed by atoms with E-state index in [1.807, 2.05) is 39.2 Å². The molecule has 0 aliphatic heterocycles. The second kappa shape index (κ2) is 6.85. The molecule has 1 aromatic heterocycles. The summed E-state index contributed by atoms with van der Waals surface area (Å²) in [5.41, 5.74) is -0.436. The van der Waals surface area contributed by atoms with Gasteiger partial charge in [-0.15, -0.1) is 0 Å². The molecular formula is C13H21NO3S. The summed E-state index contributed by atoms with van der Waals surface area (Å²) >= 11 is 1.71. The highest BCUT2D eigenvalue weighted by Gasteiger charge is 2.15. The van der Waals surface area contributed by atoms with Gasteiger partial charge in [-0.3, -0.25) is 10.1 Å². The number of esters is 1. The minimum absolute atomic E-state index is 0.190. The topological polar surface area (TPSA) is 51.5 Å². The van der Waals surface area contributed by atoms with Crippen molar-refractivity contribution >= 4 is 17.7 Å². The molecule has 102 valence electrons. The molecule has 5 heteroatoms. The third-order valence-electron chi connectivity index (χ3n) is 1.99. The van der Waals surface area contributed by atoms with Crippen LogP contribution in [0.4, 0.5) is 0 Å². The van der Waals surface area contributed by atoms with Crippen LogP contribution in [-0.4, -0.2) is 24.4 Å². The Hall–Kier alpha value is -0.940. The Bertz CT molecular complexity index is 382. The van der Waals surface area contributed by atoms with Crippen LogP contribution in [0.15, 0.2) is 16.5 Å². The highest BCUT2D eigenvalue weighted by atomic mass is 32.2. The molecule has 1 heterocycles. The molecule has 0 unspecified atom stereocenters. The van der Waals surface area contributed by atoms with Gasteiger partial charge in [-0.1, -0.05) is 0 Å². The summed E-state index contributed by atoms with van der Waals surface area (Å²) in [4.78, 5) is 11.4.